The van der Waals surface area contributed by atoms with Crippen molar-refractivity contribution in [1.29, 1.82) is 0 Å². The van der Waals surface area contributed by atoms with Crippen molar-refractivity contribution in [3.63, 3.8) is 0 Å². The first-order valence-corrected chi connectivity index (χ1v) is 7.73. The standard InChI is InChI=1S/C13H20N2O2S/c1-9-4-5-12-13(11(9)3)15(7-6-14)8-10(2)18(12,16)17/h4-5,10H,6-8,14H2,1-3H3. The summed E-state index contributed by atoms with van der Waals surface area (Å²) >= 11 is 0. The highest BCUT2D eigenvalue weighted by molar-refractivity contribution is 7.92. The number of aryl methyl sites for hydroxylation is 1. The lowest BCUT2D eigenvalue weighted by atomic mass is 10.1. The predicted molar refractivity (Wildman–Crippen MR) is 73.8 cm³/mol. The first-order chi connectivity index (χ1) is 8.39. The number of hydrogen-bond donors (Lipinski definition) is 1. The van der Waals surface area contributed by atoms with Crippen molar-refractivity contribution in [2.45, 2.75) is 30.9 Å². The second-order valence-electron chi connectivity index (χ2n) is 4.94. The van der Waals surface area contributed by atoms with Crippen LogP contribution in [0.15, 0.2) is 17.0 Å². The molecule has 0 amide bonds. The summed E-state index contributed by atoms with van der Waals surface area (Å²) in [5.74, 6) is 0. The van der Waals surface area contributed by atoms with Crippen molar-refractivity contribution in [2.24, 2.45) is 5.73 Å². The average Bonchev–Trinajstić information content (AvgIpc) is 2.30. The molecule has 1 unspecified atom stereocenters. The van der Waals surface area contributed by atoms with Gasteiger partial charge in [-0.1, -0.05) is 6.07 Å². The van der Waals surface area contributed by atoms with E-state index in [1.54, 1.807) is 13.0 Å². The highest BCUT2D eigenvalue weighted by atomic mass is 32.2. The molecule has 1 atom stereocenters. The van der Waals surface area contributed by atoms with Gasteiger partial charge in [0.2, 0.25) is 0 Å². The van der Waals surface area contributed by atoms with Gasteiger partial charge in [0.05, 0.1) is 15.8 Å². The van der Waals surface area contributed by atoms with E-state index in [4.69, 9.17) is 5.73 Å². The van der Waals surface area contributed by atoms with E-state index in [1.165, 1.54) is 0 Å². The Balaban J connectivity index is 2.69. The van der Waals surface area contributed by atoms with E-state index in [-0.39, 0.29) is 5.25 Å². The van der Waals surface area contributed by atoms with Gasteiger partial charge in [0.25, 0.3) is 0 Å². The number of benzene rings is 1. The highest BCUT2D eigenvalue weighted by Crippen LogP contribution is 2.37. The third-order valence-corrected chi connectivity index (χ3v) is 5.84. The van der Waals surface area contributed by atoms with Gasteiger partial charge < -0.3 is 10.6 Å². The van der Waals surface area contributed by atoms with Crippen LogP contribution in [-0.4, -0.2) is 33.3 Å². The Morgan fingerprint density at radius 1 is 1.39 bits per heavy atom. The molecule has 5 heteroatoms. The number of nitrogens with two attached hydrogens (primary N) is 1. The van der Waals surface area contributed by atoms with Gasteiger partial charge >= 0.3 is 0 Å². The van der Waals surface area contributed by atoms with Gasteiger partial charge in [0.1, 0.15) is 0 Å². The third-order valence-electron chi connectivity index (χ3n) is 3.69. The van der Waals surface area contributed by atoms with Gasteiger partial charge in [0.15, 0.2) is 9.84 Å². The van der Waals surface area contributed by atoms with Gasteiger partial charge in [-0.2, -0.15) is 0 Å². The molecule has 0 aliphatic carbocycles. The second kappa shape index (κ2) is 4.55. The zero-order valence-corrected chi connectivity index (χ0v) is 11.9. The minimum absolute atomic E-state index is 0.376. The van der Waals surface area contributed by atoms with Gasteiger partial charge in [-0.05, 0) is 38.0 Å². The normalized spacial score (nSPS) is 21.8. The smallest absolute Gasteiger partial charge is 0.184 e. The van der Waals surface area contributed by atoms with Crippen LogP contribution in [0.5, 0.6) is 0 Å². The van der Waals surface area contributed by atoms with E-state index in [2.05, 4.69) is 4.90 Å². The Kier molecular flexibility index (Phi) is 3.38. The largest absolute Gasteiger partial charge is 0.368 e. The predicted octanol–water partition coefficient (Wildman–Crippen LogP) is 1.24. The van der Waals surface area contributed by atoms with Crippen molar-refractivity contribution >= 4 is 15.5 Å². The first kappa shape index (κ1) is 13.4. The highest BCUT2D eigenvalue weighted by Gasteiger charge is 2.35. The van der Waals surface area contributed by atoms with E-state index in [0.717, 1.165) is 16.8 Å². The minimum atomic E-state index is -3.19. The maximum atomic E-state index is 12.4. The van der Waals surface area contributed by atoms with Gasteiger partial charge in [0, 0.05) is 19.6 Å². The van der Waals surface area contributed by atoms with Crippen LogP contribution in [0.1, 0.15) is 18.1 Å². The molecule has 18 heavy (non-hydrogen) atoms. The van der Waals surface area contributed by atoms with Crippen LogP contribution >= 0.6 is 0 Å². The van der Waals surface area contributed by atoms with Crippen molar-refractivity contribution in [3.8, 4) is 0 Å². The molecule has 0 saturated carbocycles. The summed E-state index contributed by atoms with van der Waals surface area (Å²) in [7, 11) is -3.19. The van der Waals surface area contributed by atoms with Crippen LogP contribution in [-0.2, 0) is 9.84 Å². The van der Waals surface area contributed by atoms with Gasteiger partial charge in [-0.15, -0.1) is 0 Å². The van der Waals surface area contributed by atoms with Crippen LogP contribution in [0.4, 0.5) is 5.69 Å². The Morgan fingerprint density at radius 3 is 2.67 bits per heavy atom. The monoisotopic (exact) mass is 268 g/mol. The van der Waals surface area contributed by atoms with E-state index in [1.807, 2.05) is 19.9 Å². The second-order valence-corrected chi connectivity index (χ2v) is 7.28. The molecule has 0 saturated heterocycles. The molecular weight excluding hydrogens is 248 g/mol. The summed E-state index contributed by atoms with van der Waals surface area (Å²) in [5.41, 5.74) is 8.62. The number of hydrogen-bond acceptors (Lipinski definition) is 4. The molecule has 0 fully saturated rings. The lowest BCUT2D eigenvalue weighted by Gasteiger charge is -2.36. The molecule has 4 nitrogen and oxygen atoms in total. The van der Waals surface area contributed by atoms with Crippen LogP contribution in [0.2, 0.25) is 0 Å². The van der Waals surface area contributed by atoms with Crippen molar-refractivity contribution in [3.05, 3.63) is 23.3 Å². The number of rotatable bonds is 2. The van der Waals surface area contributed by atoms with Crippen LogP contribution in [0.25, 0.3) is 0 Å². The summed E-state index contributed by atoms with van der Waals surface area (Å²) in [4.78, 5) is 2.56. The fourth-order valence-corrected chi connectivity index (χ4v) is 4.09. The van der Waals surface area contributed by atoms with Gasteiger partial charge in [-0.3, -0.25) is 0 Å². The Morgan fingerprint density at radius 2 is 2.06 bits per heavy atom. The van der Waals surface area contributed by atoms with Gasteiger partial charge in [-0.25, -0.2) is 8.42 Å². The molecule has 2 rings (SSSR count). The lowest BCUT2D eigenvalue weighted by molar-refractivity contribution is 0.572. The molecule has 1 aliphatic rings. The van der Waals surface area contributed by atoms with Crippen molar-refractivity contribution in [2.75, 3.05) is 24.5 Å². The molecule has 2 N–H and O–H groups in total. The summed E-state index contributed by atoms with van der Waals surface area (Å²) < 4.78 is 24.7. The number of sulfone groups is 1. The van der Waals surface area contributed by atoms with E-state index in [9.17, 15) is 8.42 Å². The Bertz CT molecular complexity index is 567. The zero-order chi connectivity index (χ0) is 13.5. The Labute approximate surface area is 109 Å². The molecule has 0 spiro atoms. The summed E-state index contributed by atoms with van der Waals surface area (Å²) in [5, 5.41) is -0.376. The van der Waals surface area contributed by atoms with Crippen LogP contribution in [0.3, 0.4) is 0 Å². The van der Waals surface area contributed by atoms with E-state index < -0.39 is 9.84 Å². The van der Waals surface area contributed by atoms with E-state index in [0.29, 0.717) is 24.5 Å². The lowest BCUT2D eigenvalue weighted by Crippen LogP contribution is -2.43. The molecular formula is C13H20N2O2S. The fraction of sp³-hybridized carbons (Fsp3) is 0.538. The third kappa shape index (κ3) is 1.91. The molecule has 1 heterocycles. The van der Waals surface area contributed by atoms with Crippen molar-refractivity contribution in [1.82, 2.24) is 0 Å². The van der Waals surface area contributed by atoms with Crippen molar-refractivity contribution < 1.29 is 8.42 Å². The minimum Gasteiger partial charge on any atom is -0.368 e. The maximum absolute atomic E-state index is 12.4. The molecule has 0 aromatic heterocycles. The number of fused-ring (bicyclic) bond motifs is 1. The van der Waals surface area contributed by atoms with Crippen LogP contribution in [0, 0.1) is 13.8 Å². The topological polar surface area (TPSA) is 63.4 Å². The number of nitrogens with zero attached hydrogens (tertiary/aromatic N) is 1. The fourth-order valence-electron chi connectivity index (χ4n) is 2.47. The molecule has 1 aliphatic heterocycles. The summed E-state index contributed by atoms with van der Waals surface area (Å²) in [6, 6.07) is 3.61. The number of anilines is 1. The molecule has 100 valence electrons. The summed E-state index contributed by atoms with van der Waals surface area (Å²) in [6.07, 6.45) is 0. The Hall–Kier alpha value is -1.07. The summed E-state index contributed by atoms with van der Waals surface area (Å²) in [6.45, 7) is 7.48. The zero-order valence-electron chi connectivity index (χ0n) is 11.1. The molecule has 1 aromatic rings. The van der Waals surface area contributed by atoms with E-state index >= 15 is 0 Å². The quantitative estimate of drug-likeness (QED) is 0.876. The average molecular weight is 268 g/mol. The SMILES string of the molecule is Cc1ccc2c(c1C)N(CCN)CC(C)S2(=O)=O. The molecule has 1 aromatic carbocycles. The first-order valence-electron chi connectivity index (χ1n) is 6.18. The molecule has 0 radical (unpaired) electrons. The van der Waals surface area contributed by atoms with Crippen LogP contribution < -0.4 is 10.6 Å². The molecule has 0 bridgehead atoms. The maximum Gasteiger partial charge on any atom is 0.184 e.